The van der Waals surface area contributed by atoms with Crippen molar-refractivity contribution in [1.29, 1.82) is 0 Å². The van der Waals surface area contributed by atoms with Gasteiger partial charge in [-0.2, -0.15) is 0 Å². The van der Waals surface area contributed by atoms with Gasteiger partial charge in [0.05, 0.1) is 24.3 Å². The molecule has 0 saturated carbocycles. The number of carbonyl (C=O) groups excluding carboxylic acids is 2. The molecule has 1 aliphatic heterocycles. The Morgan fingerprint density at radius 1 is 0.947 bits per heavy atom. The van der Waals surface area contributed by atoms with Gasteiger partial charge in [-0.1, -0.05) is 45.7 Å². The Balaban J connectivity index is 1.97. The lowest BCUT2D eigenvalue weighted by Gasteiger charge is -2.28. The molecule has 0 aliphatic carbocycles. The number of ketones is 1. The first-order chi connectivity index (χ1) is 18.3. The highest BCUT2D eigenvalue weighted by molar-refractivity contribution is 6.46. The number of carbonyl (C=O) groups is 2. The standard InChI is InChI=1S/C31H42N2O5/c1-6-9-10-21-37-25-15-11-23(12-16-25)28-27(29(34)24-13-17-26(18-14-24)38-22(4)5)30(35)31(36)33(28)20-19-32(7-2)8-3/h11-18,22,28,34H,6-10,19-21H2,1-5H3/b29-27+. The van der Waals surface area contributed by atoms with E-state index in [1.165, 1.54) is 0 Å². The normalized spacial score (nSPS) is 17.0. The summed E-state index contributed by atoms with van der Waals surface area (Å²) in [4.78, 5) is 30.3. The number of ether oxygens (including phenoxy) is 2. The maximum atomic E-state index is 13.3. The van der Waals surface area contributed by atoms with Crippen molar-refractivity contribution >= 4 is 17.4 Å². The van der Waals surface area contributed by atoms with Gasteiger partial charge in [0, 0.05) is 18.7 Å². The molecule has 0 spiro atoms. The summed E-state index contributed by atoms with van der Waals surface area (Å²) in [6, 6.07) is 13.7. The van der Waals surface area contributed by atoms with E-state index in [1.54, 1.807) is 29.2 Å². The summed E-state index contributed by atoms with van der Waals surface area (Å²) >= 11 is 0. The third-order valence-corrected chi connectivity index (χ3v) is 6.80. The Hall–Kier alpha value is -3.32. The zero-order chi connectivity index (χ0) is 27.7. The van der Waals surface area contributed by atoms with E-state index in [0.29, 0.717) is 31.0 Å². The smallest absolute Gasteiger partial charge is 0.295 e. The molecule has 1 aliphatic rings. The van der Waals surface area contributed by atoms with Gasteiger partial charge in [-0.25, -0.2) is 0 Å². The molecule has 1 heterocycles. The molecule has 0 radical (unpaired) electrons. The summed E-state index contributed by atoms with van der Waals surface area (Å²) in [6.07, 6.45) is 3.25. The van der Waals surface area contributed by atoms with Crippen molar-refractivity contribution in [1.82, 2.24) is 9.80 Å². The fraction of sp³-hybridized carbons (Fsp3) is 0.484. The summed E-state index contributed by atoms with van der Waals surface area (Å²) < 4.78 is 11.6. The molecule has 2 aromatic carbocycles. The predicted octanol–water partition coefficient (Wildman–Crippen LogP) is 5.81. The van der Waals surface area contributed by atoms with Crippen LogP contribution in [-0.4, -0.2) is 65.5 Å². The first-order valence-electron chi connectivity index (χ1n) is 13.8. The number of Topliss-reactive ketones (excluding diaryl/α,β-unsaturated/α-hetero) is 1. The molecular formula is C31H42N2O5. The van der Waals surface area contributed by atoms with Gasteiger partial charge in [-0.3, -0.25) is 9.59 Å². The molecule has 0 bridgehead atoms. The molecule has 1 saturated heterocycles. The van der Waals surface area contributed by atoms with E-state index in [9.17, 15) is 14.7 Å². The zero-order valence-corrected chi connectivity index (χ0v) is 23.4. The Labute approximate surface area is 227 Å². The van der Waals surface area contributed by atoms with Crippen LogP contribution in [0.1, 0.15) is 71.0 Å². The van der Waals surface area contributed by atoms with E-state index >= 15 is 0 Å². The third-order valence-electron chi connectivity index (χ3n) is 6.80. The number of amides is 1. The molecule has 1 atom stereocenters. The minimum absolute atomic E-state index is 0.0178. The van der Waals surface area contributed by atoms with Crippen LogP contribution in [0.3, 0.4) is 0 Å². The third kappa shape index (κ3) is 7.16. The van der Waals surface area contributed by atoms with Gasteiger partial charge in [0.2, 0.25) is 0 Å². The average molecular weight is 523 g/mol. The molecular weight excluding hydrogens is 480 g/mol. The molecule has 7 nitrogen and oxygen atoms in total. The molecule has 38 heavy (non-hydrogen) atoms. The number of nitrogens with zero attached hydrogens (tertiary/aromatic N) is 2. The second-order valence-corrected chi connectivity index (χ2v) is 9.83. The number of hydrogen-bond acceptors (Lipinski definition) is 6. The van der Waals surface area contributed by atoms with Crippen molar-refractivity contribution in [2.24, 2.45) is 0 Å². The van der Waals surface area contributed by atoms with Gasteiger partial charge in [0.15, 0.2) is 0 Å². The van der Waals surface area contributed by atoms with Crippen molar-refractivity contribution in [2.45, 2.75) is 66.0 Å². The Morgan fingerprint density at radius 3 is 2.16 bits per heavy atom. The molecule has 1 fully saturated rings. The van der Waals surface area contributed by atoms with E-state index in [-0.39, 0.29) is 17.4 Å². The Morgan fingerprint density at radius 2 is 1.58 bits per heavy atom. The molecule has 2 aromatic rings. The minimum Gasteiger partial charge on any atom is -0.507 e. The number of likely N-dealkylation sites (tertiary alicyclic amines) is 1. The number of unbranched alkanes of at least 4 members (excludes halogenated alkanes) is 2. The van der Waals surface area contributed by atoms with Crippen LogP contribution < -0.4 is 9.47 Å². The molecule has 1 N–H and O–H groups in total. The maximum absolute atomic E-state index is 13.3. The van der Waals surface area contributed by atoms with Gasteiger partial charge >= 0.3 is 0 Å². The number of aliphatic hydroxyl groups excluding tert-OH is 1. The van der Waals surface area contributed by atoms with Gasteiger partial charge in [0.25, 0.3) is 11.7 Å². The Bertz CT molecular complexity index is 1090. The number of rotatable bonds is 14. The van der Waals surface area contributed by atoms with Crippen molar-refractivity contribution in [2.75, 3.05) is 32.8 Å². The van der Waals surface area contributed by atoms with Crippen LogP contribution in [0.25, 0.3) is 5.76 Å². The number of benzene rings is 2. The SMILES string of the molecule is CCCCCOc1ccc(C2/C(=C(\O)c3ccc(OC(C)C)cc3)C(=O)C(=O)N2CCN(CC)CC)cc1. The molecule has 3 rings (SSSR count). The molecule has 0 aromatic heterocycles. The van der Waals surface area contributed by atoms with Crippen LogP contribution in [0.5, 0.6) is 11.5 Å². The van der Waals surface area contributed by atoms with Crippen molar-refractivity contribution in [3.63, 3.8) is 0 Å². The number of aliphatic hydroxyl groups is 1. The summed E-state index contributed by atoms with van der Waals surface area (Å²) in [6.45, 7) is 13.5. The van der Waals surface area contributed by atoms with E-state index in [4.69, 9.17) is 9.47 Å². The summed E-state index contributed by atoms with van der Waals surface area (Å²) in [5.74, 6) is -0.0412. The first kappa shape index (κ1) is 29.2. The van der Waals surface area contributed by atoms with Crippen molar-refractivity contribution in [3.05, 3.63) is 65.2 Å². The maximum Gasteiger partial charge on any atom is 0.295 e. The minimum atomic E-state index is -0.689. The topological polar surface area (TPSA) is 79.3 Å². The lowest BCUT2D eigenvalue weighted by Crippen LogP contribution is -2.38. The van der Waals surface area contributed by atoms with Gasteiger partial charge < -0.3 is 24.4 Å². The zero-order valence-electron chi connectivity index (χ0n) is 23.4. The van der Waals surface area contributed by atoms with Crippen molar-refractivity contribution in [3.8, 4) is 11.5 Å². The van der Waals surface area contributed by atoms with Crippen LogP contribution >= 0.6 is 0 Å². The molecule has 7 heteroatoms. The van der Waals surface area contributed by atoms with Crippen molar-refractivity contribution < 1.29 is 24.2 Å². The summed E-state index contributed by atoms with van der Waals surface area (Å²) in [5.41, 5.74) is 1.32. The highest BCUT2D eigenvalue weighted by Crippen LogP contribution is 2.40. The van der Waals surface area contributed by atoms with Crippen LogP contribution in [0.15, 0.2) is 54.1 Å². The fourth-order valence-electron chi connectivity index (χ4n) is 4.65. The van der Waals surface area contributed by atoms with E-state index in [1.807, 2.05) is 38.1 Å². The quantitative estimate of drug-likeness (QED) is 0.146. The van der Waals surface area contributed by atoms with Gasteiger partial charge in [-0.15, -0.1) is 0 Å². The fourth-order valence-corrected chi connectivity index (χ4v) is 4.65. The second kappa shape index (κ2) is 14.0. The monoisotopic (exact) mass is 522 g/mol. The van der Waals surface area contributed by atoms with Crippen LogP contribution in [0.2, 0.25) is 0 Å². The molecule has 1 unspecified atom stereocenters. The largest absolute Gasteiger partial charge is 0.507 e. The number of likely N-dealkylation sites (N-methyl/N-ethyl adjacent to an activating group) is 1. The summed E-state index contributed by atoms with van der Waals surface area (Å²) in [5, 5.41) is 11.3. The van der Waals surface area contributed by atoms with Gasteiger partial charge in [0.1, 0.15) is 17.3 Å². The lowest BCUT2D eigenvalue weighted by molar-refractivity contribution is -0.140. The van der Waals surface area contributed by atoms with E-state index in [0.717, 1.165) is 43.7 Å². The first-order valence-corrected chi connectivity index (χ1v) is 13.8. The number of hydrogen-bond donors (Lipinski definition) is 1. The van der Waals surface area contributed by atoms with Crippen LogP contribution in [-0.2, 0) is 9.59 Å². The summed E-state index contributed by atoms with van der Waals surface area (Å²) in [7, 11) is 0. The van der Waals surface area contributed by atoms with Crippen LogP contribution in [0, 0.1) is 0 Å². The Kier molecular flexibility index (Phi) is 10.8. The average Bonchev–Trinajstić information content (AvgIpc) is 3.17. The predicted molar refractivity (Wildman–Crippen MR) is 150 cm³/mol. The molecule has 206 valence electrons. The lowest BCUT2D eigenvalue weighted by atomic mass is 9.95. The highest BCUT2D eigenvalue weighted by atomic mass is 16.5. The molecule has 1 amide bonds. The second-order valence-electron chi connectivity index (χ2n) is 9.83. The van der Waals surface area contributed by atoms with Gasteiger partial charge in [-0.05, 0) is 75.3 Å². The highest BCUT2D eigenvalue weighted by Gasteiger charge is 2.46. The van der Waals surface area contributed by atoms with E-state index in [2.05, 4.69) is 25.7 Å². The van der Waals surface area contributed by atoms with Crippen LogP contribution in [0.4, 0.5) is 0 Å². The van der Waals surface area contributed by atoms with E-state index < -0.39 is 17.7 Å².